The van der Waals surface area contributed by atoms with Gasteiger partial charge in [0.15, 0.2) is 17.5 Å². The lowest BCUT2D eigenvalue weighted by Crippen LogP contribution is -2.09. The molecule has 9 aromatic carbocycles. The molecule has 0 atom stereocenters. The third-order valence-electron chi connectivity index (χ3n) is 11.5. The standard InChI is InChI=1S/C55H34N4S2/c1-3-15-40(16-4-1)59(41-17-5-2-6-18-41)42-30-27-36(28-31-42)38-29-32-44-50(34-38)61-49-24-12-21-46(52(44)49)55-57-53(39-26-25-35-13-7-8-14-37(35)33-39)56-54(58-55)45-20-11-23-48-51(45)43-19-9-10-22-47(43)60-48/h1-34H. The second kappa shape index (κ2) is 14.6. The summed E-state index contributed by atoms with van der Waals surface area (Å²) in [7, 11) is 0. The van der Waals surface area contributed by atoms with Crippen molar-refractivity contribution in [2.45, 2.75) is 0 Å². The van der Waals surface area contributed by atoms with Crippen LogP contribution in [0.25, 0.3) is 96.4 Å². The van der Waals surface area contributed by atoms with Crippen LogP contribution in [0.2, 0.25) is 0 Å². The molecule has 0 aliphatic carbocycles. The number of anilines is 3. The smallest absolute Gasteiger partial charge is 0.164 e. The lowest BCUT2D eigenvalue weighted by atomic mass is 10.0. The van der Waals surface area contributed by atoms with E-state index in [9.17, 15) is 0 Å². The van der Waals surface area contributed by atoms with Gasteiger partial charge in [0.2, 0.25) is 0 Å². The summed E-state index contributed by atoms with van der Waals surface area (Å²) in [5.74, 6) is 1.99. The first-order valence-corrected chi connectivity index (χ1v) is 22.0. The molecule has 0 saturated carbocycles. The van der Waals surface area contributed by atoms with E-state index in [0.29, 0.717) is 17.5 Å². The van der Waals surface area contributed by atoms with Crippen molar-refractivity contribution in [1.29, 1.82) is 0 Å². The molecular weight excluding hydrogens is 781 g/mol. The highest BCUT2D eigenvalue weighted by atomic mass is 32.1. The van der Waals surface area contributed by atoms with Crippen molar-refractivity contribution >= 4 is 90.9 Å². The number of aromatic nitrogens is 3. The van der Waals surface area contributed by atoms with E-state index in [1.165, 1.54) is 51.5 Å². The Morgan fingerprint density at radius 3 is 1.51 bits per heavy atom. The molecule has 0 saturated heterocycles. The molecule has 0 amide bonds. The minimum atomic E-state index is 0.655. The first kappa shape index (κ1) is 35.4. The maximum absolute atomic E-state index is 5.35. The van der Waals surface area contributed by atoms with Crippen molar-refractivity contribution in [2.75, 3.05) is 4.90 Å². The fraction of sp³-hybridized carbons (Fsp3) is 0. The number of rotatable bonds is 7. The molecule has 6 heteroatoms. The van der Waals surface area contributed by atoms with E-state index in [1.54, 1.807) is 11.3 Å². The maximum Gasteiger partial charge on any atom is 0.164 e. The molecule has 0 spiro atoms. The van der Waals surface area contributed by atoms with E-state index in [-0.39, 0.29) is 0 Å². The predicted molar refractivity (Wildman–Crippen MR) is 260 cm³/mol. The molecule has 12 aromatic rings. The average Bonchev–Trinajstić information content (AvgIpc) is 3.91. The molecule has 0 unspecified atom stereocenters. The summed E-state index contributed by atoms with van der Waals surface area (Å²) in [5, 5.41) is 7.07. The Morgan fingerprint density at radius 2 is 0.820 bits per heavy atom. The molecule has 0 fully saturated rings. The summed E-state index contributed by atoms with van der Waals surface area (Å²) in [4.78, 5) is 18.2. The van der Waals surface area contributed by atoms with E-state index in [2.05, 4.69) is 211 Å². The first-order chi connectivity index (χ1) is 30.2. The van der Waals surface area contributed by atoms with Crippen LogP contribution in [0.4, 0.5) is 17.1 Å². The van der Waals surface area contributed by atoms with Crippen LogP contribution in [0.3, 0.4) is 0 Å². The highest BCUT2D eigenvalue weighted by molar-refractivity contribution is 7.26. The Kier molecular flexibility index (Phi) is 8.51. The summed E-state index contributed by atoms with van der Waals surface area (Å²) in [6.07, 6.45) is 0. The molecule has 0 aliphatic rings. The van der Waals surface area contributed by atoms with Crippen molar-refractivity contribution in [1.82, 2.24) is 15.0 Å². The summed E-state index contributed by atoms with van der Waals surface area (Å²) >= 11 is 3.62. The zero-order valence-electron chi connectivity index (χ0n) is 32.7. The Labute approximate surface area is 360 Å². The van der Waals surface area contributed by atoms with E-state index in [4.69, 9.17) is 15.0 Å². The fourth-order valence-electron chi connectivity index (χ4n) is 8.63. The first-order valence-electron chi connectivity index (χ1n) is 20.3. The average molecular weight is 815 g/mol. The van der Waals surface area contributed by atoms with Crippen LogP contribution in [0.5, 0.6) is 0 Å². The highest BCUT2D eigenvalue weighted by Crippen LogP contribution is 2.44. The lowest BCUT2D eigenvalue weighted by Gasteiger charge is -2.25. The monoisotopic (exact) mass is 814 g/mol. The van der Waals surface area contributed by atoms with Crippen LogP contribution in [-0.2, 0) is 0 Å². The van der Waals surface area contributed by atoms with Gasteiger partial charge in [-0.2, -0.15) is 0 Å². The number of fused-ring (bicyclic) bond motifs is 7. The van der Waals surface area contributed by atoms with Crippen LogP contribution >= 0.6 is 22.7 Å². The van der Waals surface area contributed by atoms with E-state index >= 15 is 0 Å². The normalized spacial score (nSPS) is 11.6. The quantitative estimate of drug-likeness (QED) is 0.161. The Bertz CT molecular complexity index is 3560. The van der Waals surface area contributed by atoms with Gasteiger partial charge in [0.25, 0.3) is 0 Å². The fourth-order valence-corrected chi connectivity index (χ4v) is 10.9. The molecule has 3 heterocycles. The molecule has 61 heavy (non-hydrogen) atoms. The van der Waals surface area contributed by atoms with Crippen LogP contribution < -0.4 is 4.90 Å². The summed E-state index contributed by atoms with van der Waals surface area (Å²) in [6.45, 7) is 0. The number of benzene rings is 9. The molecular formula is C55H34N4S2. The number of para-hydroxylation sites is 2. The zero-order valence-corrected chi connectivity index (χ0v) is 34.4. The highest BCUT2D eigenvalue weighted by Gasteiger charge is 2.20. The zero-order chi connectivity index (χ0) is 40.3. The molecule has 12 rings (SSSR count). The van der Waals surface area contributed by atoms with Gasteiger partial charge in [0, 0.05) is 74.1 Å². The molecule has 0 bridgehead atoms. The van der Waals surface area contributed by atoms with Crippen molar-refractivity contribution in [3.05, 3.63) is 206 Å². The Hall–Kier alpha value is -7.51. The van der Waals surface area contributed by atoms with E-state index < -0.39 is 0 Å². The number of thiophene rings is 2. The predicted octanol–water partition coefficient (Wildman–Crippen LogP) is 15.9. The summed E-state index contributed by atoms with van der Waals surface area (Å²) in [6, 6.07) is 73.3. The van der Waals surface area contributed by atoms with Gasteiger partial charge in [-0.3, -0.25) is 0 Å². The summed E-state index contributed by atoms with van der Waals surface area (Å²) in [5.41, 5.74) is 8.66. The van der Waals surface area contributed by atoms with Crippen LogP contribution in [-0.4, -0.2) is 15.0 Å². The van der Waals surface area contributed by atoms with Crippen LogP contribution in [0, 0.1) is 0 Å². The second-order valence-electron chi connectivity index (χ2n) is 15.2. The minimum Gasteiger partial charge on any atom is -0.311 e. The summed E-state index contributed by atoms with van der Waals surface area (Å²) < 4.78 is 4.88. The van der Waals surface area contributed by atoms with Gasteiger partial charge in [-0.25, -0.2) is 15.0 Å². The molecule has 0 N–H and O–H groups in total. The maximum atomic E-state index is 5.35. The lowest BCUT2D eigenvalue weighted by molar-refractivity contribution is 1.08. The van der Waals surface area contributed by atoms with Gasteiger partial charge >= 0.3 is 0 Å². The van der Waals surface area contributed by atoms with Gasteiger partial charge in [0.05, 0.1) is 0 Å². The molecule has 4 nitrogen and oxygen atoms in total. The largest absolute Gasteiger partial charge is 0.311 e. The van der Waals surface area contributed by atoms with Crippen LogP contribution in [0.15, 0.2) is 206 Å². The third-order valence-corrected chi connectivity index (χ3v) is 13.8. The van der Waals surface area contributed by atoms with Gasteiger partial charge < -0.3 is 4.90 Å². The van der Waals surface area contributed by atoms with Crippen molar-refractivity contribution < 1.29 is 0 Å². The number of hydrogen-bond acceptors (Lipinski definition) is 6. The van der Waals surface area contributed by atoms with Gasteiger partial charge in [-0.1, -0.05) is 140 Å². The topological polar surface area (TPSA) is 41.9 Å². The number of hydrogen-bond donors (Lipinski definition) is 0. The number of nitrogens with zero attached hydrogens (tertiary/aromatic N) is 4. The van der Waals surface area contributed by atoms with E-state index in [0.717, 1.165) is 44.5 Å². The van der Waals surface area contributed by atoms with Crippen molar-refractivity contribution in [3.8, 4) is 45.3 Å². The molecule has 286 valence electrons. The van der Waals surface area contributed by atoms with Gasteiger partial charge in [-0.05, 0) is 88.6 Å². The second-order valence-corrected chi connectivity index (χ2v) is 17.4. The third kappa shape index (κ3) is 6.24. The minimum absolute atomic E-state index is 0.655. The van der Waals surface area contributed by atoms with Crippen molar-refractivity contribution in [2.24, 2.45) is 0 Å². The van der Waals surface area contributed by atoms with Gasteiger partial charge in [0.1, 0.15) is 0 Å². The van der Waals surface area contributed by atoms with Crippen molar-refractivity contribution in [3.63, 3.8) is 0 Å². The Balaban J connectivity index is 0.987. The SMILES string of the molecule is c1ccc(N(c2ccccc2)c2ccc(-c3ccc4c(c3)sc3cccc(-c5nc(-c6ccc7ccccc7c6)nc(-c6cccc7sc8ccccc8c67)n5)c34)cc2)cc1. The molecule has 0 aliphatic heterocycles. The molecule has 3 aromatic heterocycles. The molecule has 0 radical (unpaired) electrons. The van der Waals surface area contributed by atoms with E-state index in [1.807, 2.05) is 11.3 Å². The Morgan fingerprint density at radius 1 is 0.311 bits per heavy atom. The van der Waals surface area contributed by atoms with Gasteiger partial charge in [-0.15, -0.1) is 22.7 Å². The van der Waals surface area contributed by atoms with Crippen LogP contribution in [0.1, 0.15) is 0 Å².